The molecule has 0 spiro atoms. The van der Waals surface area contributed by atoms with E-state index >= 15 is 0 Å². The van der Waals surface area contributed by atoms with E-state index in [9.17, 15) is 9.90 Å². The fraction of sp³-hybridized carbons (Fsp3) is 0.611. The minimum Gasteiger partial charge on any atom is -0.381 e. The maximum atomic E-state index is 12.8. The monoisotopic (exact) mass is 270 g/mol. The highest BCUT2D eigenvalue weighted by atomic mass is 16.3. The second kappa shape index (κ2) is 4.70. The van der Waals surface area contributed by atoms with E-state index in [-0.39, 0.29) is 11.7 Å². The molecular formula is C18H22O2. The van der Waals surface area contributed by atoms with Gasteiger partial charge in [-0.3, -0.25) is 4.79 Å². The Morgan fingerprint density at radius 2 is 1.50 bits per heavy atom. The number of benzene rings is 1. The molecule has 4 bridgehead atoms. The van der Waals surface area contributed by atoms with Crippen molar-refractivity contribution < 1.29 is 9.90 Å². The number of aliphatic hydroxyl groups excluding tert-OH is 1. The first-order chi connectivity index (χ1) is 9.72. The lowest BCUT2D eigenvalue weighted by molar-refractivity contribution is -0.144. The topological polar surface area (TPSA) is 37.3 Å². The smallest absolute Gasteiger partial charge is 0.169 e. The minimum atomic E-state index is -0.918. The number of aliphatic hydroxyl groups is 1. The predicted molar refractivity (Wildman–Crippen MR) is 76.9 cm³/mol. The maximum Gasteiger partial charge on any atom is 0.169 e. The summed E-state index contributed by atoms with van der Waals surface area (Å²) >= 11 is 0. The molecule has 2 nitrogen and oxygen atoms in total. The van der Waals surface area contributed by atoms with Gasteiger partial charge in [0.25, 0.3) is 0 Å². The van der Waals surface area contributed by atoms with Crippen molar-refractivity contribution in [2.24, 2.45) is 29.6 Å². The average molecular weight is 270 g/mol. The third-order valence-corrected chi connectivity index (χ3v) is 5.94. The van der Waals surface area contributed by atoms with Crippen LogP contribution in [0.1, 0.15) is 43.8 Å². The standard InChI is InChI=1S/C18H22O2/c19-17(13-4-2-1-3-5-13)18(20)16-14-7-11-6-12(9-14)10-15(16)8-11/h1-5,11-12,14-17,19H,6-10H2/t11?,12?,14-,15?,16-,17?/m1/s1. The van der Waals surface area contributed by atoms with Crippen molar-refractivity contribution >= 4 is 5.78 Å². The van der Waals surface area contributed by atoms with Gasteiger partial charge in [0.2, 0.25) is 0 Å². The van der Waals surface area contributed by atoms with Crippen LogP contribution in [0.25, 0.3) is 0 Å². The Morgan fingerprint density at radius 1 is 0.950 bits per heavy atom. The molecule has 0 radical (unpaired) electrons. The number of carbonyl (C=O) groups is 1. The Bertz CT molecular complexity index is 479. The summed E-state index contributed by atoms with van der Waals surface area (Å²) in [6, 6.07) is 9.42. The van der Waals surface area contributed by atoms with Crippen LogP contribution in [0.2, 0.25) is 0 Å². The molecule has 1 N–H and O–H groups in total. The molecule has 106 valence electrons. The number of ketones is 1. The van der Waals surface area contributed by atoms with E-state index < -0.39 is 6.10 Å². The summed E-state index contributed by atoms with van der Waals surface area (Å²) in [5.41, 5.74) is 0.756. The van der Waals surface area contributed by atoms with Crippen LogP contribution in [0, 0.1) is 29.6 Å². The highest BCUT2D eigenvalue weighted by Gasteiger charge is 2.51. The predicted octanol–water partition coefficient (Wildman–Crippen LogP) is 3.36. The lowest BCUT2D eigenvalue weighted by atomic mass is 9.51. The summed E-state index contributed by atoms with van der Waals surface area (Å²) in [7, 11) is 0. The Kier molecular flexibility index (Phi) is 2.95. The van der Waals surface area contributed by atoms with Gasteiger partial charge in [0.05, 0.1) is 0 Å². The lowest BCUT2D eigenvalue weighted by Crippen LogP contribution is -2.49. The van der Waals surface area contributed by atoms with Crippen molar-refractivity contribution in [2.45, 2.75) is 38.2 Å². The van der Waals surface area contributed by atoms with E-state index in [1.54, 1.807) is 0 Å². The molecule has 0 heterocycles. The molecule has 4 aliphatic carbocycles. The largest absolute Gasteiger partial charge is 0.381 e. The molecule has 1 aromatic rings. The normalized spacial score (nSPS) is 39.8. The molecule has 1 aromatic carbocycles. The second-order valence-electron chi connectivity index (χ2n) is 7.17. The zero-order chi connectivity index (χ0) is 13.7. The fourth-order valence-corrected chi connectivity index (χ4v) is 5.37. The number of Topliss-reactive ketones (excluding diaryl/α,β-unsaturated/α-hetero) is 1. The highest BCUT2D eigenvalue weighted by molar-refractivity contribution is 5.87. The second-order valence-corrected chi connectivity index (χ2v) is 7.17. The van der Waals surface area contributed by atoms with Crippen molar-refractivity contribution in [3.8, 4) is 0 Å². The van der Waals surface area contributed by atoms with Crippen LogP contribution in [0.15, 0.2) is 30.3 Å². The summed E-state index contributed by atoms with van der Waals surface area (Å²) in [5, 5.41) is 10.4. The third kappa shape index (κ3) is 1.93. The molecule has 4 fully saturated rings. The van der Waals surface area contributed by atoms with Gasteiger partial charge in [-0.25, -0.2) is 0 Å². The summed E-state index contributed by atoms with van der Waals surface area (Å²) in [4.78, 5) is 12.8. The molecule has 0 aromatic heterocycles. The van der Waals surface area contributed by atoms with Crippen LogP contribution in [0.5, 0.6) is 0 Å². The first kappa shape index (κ1) is 12.6. The van der Waals surface area contributed by atoms with E-state index in [2.05, 4.69) is 0 Å². The number of hydrogen-bond donors (Lipinski definition) is 1. The fourth-order valence-electron chi connectivity index (χ4n) is 5.37. The van der Waals surface area contributed by atoms with Crippen LogP contribution in [-0.2, 0) is 4.79 Å². The van der Waals surface area contributed by atoms with Gasteiger partial charge in [-0.15, -0.1) is 0 Å². The number of hydrogen-bond acceptors (Lipinski definition) is 2. The SMILES string of the molecule is O=C(C(O)c1ccccc1)[C@H]1C2CC3CC(C2)C[C@@H]1C3. The molecular weight excluding hydrogens is 248 g/mol. The van der Waals surface area contributed by atoms with Gasteiger partial charge in [-0.1, -0.05) is 30.3 Å². The summed E-state index contributed by atoms with van der Waals surface area (Å²) in [6.07, 6.45) is 5.39. The molecule has 2 heteroatoms. The van der Waals surface area contributed by atoms with E-state index in [1.807, 2.05) is 30.3 Å². The lowest BCUT2D eigenvalue weighted by Gasteiger charge is -2.54. The molecule has 4 aliphatic rings. The third-order valence-electron chi connectivity index (χ3n) is 5.94. The van der Waals surface area contributed by atoms with Crippen molar-refractivity contribution in [3.63, 3.8) is 0 Å². The molecule has 4 saturated carbocycles. The molecule has 0 saturated heterocycles. The molecule has 5 rings (SSSR count). The molecule has 1 unspecified atom stereocenters. The summed E-state index contributed by atoms with van der Waals surface area (Å²) in [5.74, 6) is 3.06. The summed E-state index contributed by atoms with van der Waals surface area (Å²) < 4.78 is 0. The molecule has 1 atom stereocenters. The number of rotatable bonds is 3. The van der Waals surface area contributed by atoms with Crippen molar-refractivity contribution in [3.05, 3.63) is 35.9 Å². The van der Waals surface area contributed by atoms with Crippen LogP contribution in [0.3, 0.4) is 0 Å². The first-order valence-corrected chi connectivity index (χ1v) is 7.99. The van der Waals surface area contributed by atoms with Crippen LogP contribution in [0.4, 0.5) is 0 Å². The Morgan fingerprint density at radius 3 is 2.05 bits per heavy atom. The molecule has 0 aliphatic heterocycles. The van der Waals surface area contributed by atoms with E-state index in [0.29, 0.717) is 11.8 Å². The van der Waals surface area contributed by atoms with Crippen molar-refractivity contribution in [1.29, 1.82) is 0 Å². The van der Waals surface area contributed by atoms with Crippen LogP contribution < -0.4 is 0 Å². The van der Waals surface area contributed by atoms with Gasteiger partial charge < -0.3 is 5.11 Å². The van der Waals surface area contributed by atoms with Gasteiger partial charge in [0.1, 0.15) is 6.10 Å². The highest BCUT2D eigenvalue weighted by Crippen LogP contribution is 2.57. The van der Waals surface area contributed by atoms with E-state index in [0.717, 1.165) is 17.4 Å². The van der Waals surface area contributed by atoms with Crippen molar-refractivity contribution in [2.75, 3.05) is 0 Å². The van der Waals surface area contributed by atoms with Gasteiger partial charge in [0, 0.05) is 5.92 Å². The molecule has 0 amide bonds. The Balaban J connectivity index is 1.57. The van der Waals surface area contributed by atoms with Gasteiger partial charge in [-0.05, 0) is 61.3 Å². The quantitative estimate of drug-likeness (QED) is 0.914. The van der Waals surface area contributed by atoms with E-state index in [4.69, 9.17) is 0 Å². The average Bonchev–Trinajstić information content (AvgIpc) is 2.46. The zero-order valence-electron chi connectivity index (χ0n) is 11.7. The zero-order valence-corrected chi connectivity index (χ0v) is 11.7. The first-order valence-electron chi connectivity index (χ1n) is 7.99. The Labute approximate surface area is 120 Å². The summed E-state index contributed by atoms with van der Waals surface area (Å²) in [6.45, 7) is 0. The van der Waals surface area contributed by atoms with E-state index in [1.165, 1.54) is 32.1 Å². The maximum absolute atomic E-state index is 12.8. The van der Waals surface area contributed by atoms with Crippen molar-refractivity contribution in [1.82, 2.24) is 0 Å². The van der Waals surface area contributed by atoms with Gasteiger partial charge in [-0.2, -0.15) is 0 Å². The van der Waals surface area contributed by atoms with Gasteiger partial charge >= 0.3 is 0 Å². The van der Waals surface area contributed by atoms with Crippen LogP contribution in [-0.4, -0.2) is 10.9 Å². The number of carbonyl (C=O) groups excluding carboxylic acids is 1. The Hall–Kier alpha value is -1.15. The molecule has 20 heavy (non-hydrogen) atoms. The minimum absolute atomic E-state index is 0.0880. The van der Waals surface area contributed by atoms with Gasteiger partial charge in [0.15, 0.2) is 5.78 Å². The van der Waals surface area contributed by atoms with Crippen LogP contribution >= 0.6 is 0 Å².